The Morgan fingerprint density at radius 3 is 2.24 bits per heavy atom. The zero-order valence-electron chi connectivity index (χ0n) is 16.8. The molecule has 2 aliphatic heterocycles. The van der Waals surface area contributed by atoms with Crippen molar-refractivity contribution in [3.05, 3.63) is 35.4 Å². The molecule has 1 saturated carbocycles. The summed E-state index contributed by atoms with van der Waals surface area (Å²) in [6.45, 7) is 2.79. The molecular weight excluding hydrogens is 390 g/mol. The van der Waals surface area contributed by atoms with Crippen LogP contribution in [-0.2, 0) is 22.6 Å². The number of rotatable bonds is 2. The van der Waals surface area contributed by atoms with Crippen molar-refractivity contribution in [3.63, 3.8) is 0 Å². The highest BCUT2D eigenvalue weighted by Crippen LogP contribution is 2.29. The maximum absolute atomic E-state index is 13.0. The second kappa shape index (κ2) is 9.45. The van der Waals surface area contributed by atoms with Crippen LogP contribution in [0, 0.1) is 11.8 Å². The molecule has 7 heteroatoms. The molecule has 2 amide bonds. The van der Waals surface area contributed by atoms with Gasteiger partial charge < -0.3 is 20.6 Å². The summed E-state index contributed by atoms with van der Waals surface area (Å²) in [5.74, 6) is 0.332. The molecule has 4 rings (SSSR count). The highest BCUT2D eigenvalue weighted by Gasteiger charge is 2.36. The van der Waals surface area contributed by atoms with E-state index in [1.54, 1.807) is 0 Å². The Labute approximate surface area is 178 Å². The molecule has 0 unspecified atom stereocenters. The lowest BCUT2D eigenvalue weighted by Crippen LogP contribution is -2.49. The molecule has 3 aliphatic rings. The number of fused-ring (bicyclic) bond motifs is 1. The van der Waals surface area contributed by atoms with Crippen molar-refractivity contribution in [2.75, 3.05) is 19.6 Å². The fraction of sp³-hybridized carbons (Fsp3) is 0.636. The van der Waals surface area contributed by atoms with E-state index in [2.05, 4.69) is 18.2 Å². The highest BCUT2D eigenvalue weighted by atomic mass is 35.5. The third kappa shape index (κ3) is 4.76. The van der Waals surface area contributed by atoms with Gasteiger partial charge >= 0.3 is 0 Å². The quantitative estimate of drug-likeness (QED) is 0.761. The number of halogens is 1. The topological polar surface area (TPSA) is 86.9 Å². The van der Waals surface area contributed by atoms with Crippen molar-refractivity contribution < 1.29 is 14.7 Å². The van der Waals surface area contributed by atoms with Crippen LogP contribution < -0.4 is 5.73 Å². The zero-order chi connectivity index (χ0) is 19.7. The molecule has 3 N–H and O–H groups in total. The first-order chi connectivity index (χ1) is 13.5. The number of carbonyl (C=O) groups is 2. The van der Waals surface area contributed by atoms with Crippen LogP contribution >= 0.6 is 12.4 Å². The molecule has 0 bridgehead atoms. The second-order valence-electron chi connectivity index (χ2n) is 8.62. The Kier molecular flexibility index (Phi) is 7.19. The van der Waals surface area contributed by atoms with Crippen LogP contribution in [0.5, 0.6) is 0 Å². The van der Waals surface area contributed by atoms with E-state index >= 15 is 0 Å². The van der Waals surface area contributed by atoms with Crippen LogP contribution in [0.25, 0.3) is 0 Å². The van der Waals surface area contributed by atoms with Crippen LogP contribution in [0.15, 0.2) is 24.3 Å². The first kappa shape index (κ1) is 22.1. The van der Waals surface area contributed by atoms with Crippen molar-refractivity contribution in [1.82, 2.24) is 9.80 Å². The molecule has 0 radical (unpaired) electrons. The minimum atomic E-state index is -0.484. The Bertz CT molecular complexity index is 736. The van der Waals surface area contributed by atoms with E-state index in [0.29, 0.717) is 38.9 Å². The fourth-order valence-electron chi connectivity index (χ4n) is 4.96. The number of hydrogen-bond acceptors (Lipinski definition) is 4. The molecule has 29 heavy (non-hydrogen) atoms. The predicted molar refractivity (Wildman–Crippen MR) is 113 cm³/mol. The molecular formula is C22H32ClN3O3. The zero-order valence-corrected chi connectivity index (χ0v) is 17.7. The Hall–Kier alpha value is -1.63. The number of likely N-dealkylation sites (tertiary alicyclic amines) is 1. The summed E-state index contributed by atoms with van der Waals surface area (Å²) in [6.07, 6.45) is 3.79. The van der Waals surface area contributed by atoms with Gasteiger partial charge in [0.2, 0.25) is 11.8 Å². The first-order valence-corrected chi connectivity index (χ1v) is 10.6. The maximum Gasteiger partial charge on any atom is 0.226 e. The van der Waals surface area contributed by atoms with Gasteiger partial charge in [-0.2, -0.15) is 0 Å². The number of aliphatic hydroxyl groups is 1. The van der Waals surface area contributed by atoms with Crippen LogP contribution in [0.4, 0.5) is 0 Å². The molecule has 1 aromatic rings. The molecule has 6 nitrogen and oxygen atoms in total. The number of nitrogens with two attached hydrogens (primary N) is 1. The summed E-state index contributed by atoms with van der Waals surface area (Å²) in [7, 11) is 0. The number of nitrogens with zero attached hydrogens (tertiary/aromatic N) is 2. The smallest absolute Gasteiger partial charge is 0.226 e. The highest BCUT2D eigenvalue weighted by molar-refractivity contribution is 5.85. The lowest BCUT2D eigenvalue weighted by atomic mass is 9.83. The van der Waals surface area contributed by atoms with Crippen LogP contribution in [0.2, 0.25) is 0 Å². The summed E-state index contributed by atoms with van der Waals surface area (Å²) in [5, 5.41) is 9.78. The Morgan fingerprint density at radius 1 is 0.897 bits per heavy atom. The van der Waals surface area contributed by atoms with Gasteiger partial charge in [0.15, 0.2) is 0 Å². The monoisotopic (exact) mass is 421 g/mol. The van der Waals surface area contributed by atoms with E-state index in [1.807, 2.05) is 15.9 Å². The number of amides is 2. The second-order valence-corrected chi connectivity index (χ2v) is 8.62. The van der Waals surface area contributed by atoms with Gasteiger partial charge in [-0.05, 0) is 49.7 Å². The molecule has 1 saturated heterocycles. The first-order valence-electron chi connectivity index (χ1n) is 10.6. The summed E-state index contributed by atoms with van der Waals surface area (Å²) in [5.41, 5.74) is 8.55. The number of carbonyl (C=O) groups excluding carboxylic acids is 2. The minimum absolute atomic E-state index is 0. The third-order valence-corrected chi connectivity index (χ3v) is 6.81. The molecule has 0 aromatic heterocycles. The average Bonchev–Trinajstić information content (AvgIpc) is 2.74. The van der Waals surface area contributed by atoms with Crippen molar-refractivity contribution >= 4 is 24.2 Å². The molecule has 2 heterocycles. The van der Waals surface area contributed by atoms with Gasteiger partial charge in [-0.3, -0.25) is 9.59 Å². The Balaban J connectivity index is 0.00000240. The van der Waals surface area contributed by atoms with Crippen molar-refractivity contribution in [2.24, 2.45) is 17.6 Å². The SMILES string of the molecule is Cl.N[C@@H]1C[C@@H](C(=O)N2CCC(C(=O)N3CCc4ccccc4C3)CC2)CC[C@H]1O. The van der Waals surface area contributed by atoms with Gasteiger partial charge in [0, 0.05) is 44.1 Å². The van der Waals surface area contributed by atoms with Gasteiger partial charge in [0.05, 0.1) is 6.10 Å². The van der Waals surface area contributed by atoms with Crippen LogP contribution in [0.3, 0.4) is 0 Å². The van der Waals surface area contributed by atoms with Gasteiger partial charge in [0.25, 0.3) is 0 Å². The van der Waals surface area contributed by atoms with Crippen molar-refractivity contribution in [3.8, 4) is 0 Å². The van der Waals surface area contributed by atoms with E-state index in [4.69, 9.17) is 5.73 Å². The number of aliphatic hydroxyl groups excluding tert-OH is 1. The van der Waals surface area contributed by atoms with E-state index in [-0.39, 0.29) is 42.1 Å². The minimum Gasteiger partial charge on any atom is -0.392 e. The molecule has 1 aromatic carbocycles. The molecule has 3 atom stereocenters. The summed E-state index contributed by atoms with van der Waals surface area (Å²) in [6, 6.07) is 8.05. The maximum atomic E-state index is 13.0. The van der Waals surface area contributed by atoms with E-state index in [0.717, 1.165) is 25.8 Å². The van der Waals surface area contributed by atoms with Crippen molar-refractivity contribution in [1.29, 1.82) is 0 Å². The molecule has 1 aliphatic carbocycles. The number of benzene rings is 1. The standard InChI is InChI=1S/C22H31N3O3.ClH/c23-19-13-17(5-6-20(19)26)22(28)24-10-8-16(9-11-24)21(27)25-12-7-15-3-1-2-4-18(15)14-25;/h1-4,16-17,19-20,26H,5-14,23H2;1H/t17-,19+,20+;/m0./s1. The summed E-state index contributed by atoms with van der Waals surface area (Å²) >= 11 is 0. The predicted octanol–water partition coefficient (Wildman–Crippen LogP) is 1.72. The summed E-state index contributed by atoms with van der Waals surface area (Å²) in [4.78, 5) is 29.7. The third-order valence-electron chi connectivity index (χ3n) is 6.81. The molecule has 2 fully saturated rings. The fourth-order valence-corrected chi connectivity index (χ4v) is 4.96. The molecule has 160 valence electrons. The number of piperidine rings is 1. The van der Waals surface area contributed by atoms with E-state index in [1.165, 1.54) is 11.1 Å². The van der Waals surface area contributed by atoms with Crippen LogP contribution in [-0.4, -0.2) is 58.5 Å². The van der Waals surface area contributed by atoms with Gasteiger partial charge in [-0.1, -0.05) is 24.3 Å². The lowest BCUT2D eigenvalue weighted by molar-refractivity contribution is -0.144. The molecule has 0 spiro atoms. The van der Waals surface area contributed by atoms with Crippen LogP contribution in [0.1, 0.15) is 43.2 Å². The number of hydrogen-bond donors (Lipinski definition) is 2. The Morgan fingerprint density at radius 2 is 1.55 bits per heavy atom. The van der Waals surface area contributed by atoms with Gasteiger partial charge in [0.1, 0.15) is 0 Å². The van der Waals surface area contributed by atoms with E-state index < -0.39 is 6.10 Å². The lowest BCUT2D eigenvalue weighted by Gasteiger charge is -2.38. The summed E-state index contributed by atoms with van der Waals surface area (Å²) < 4.78 is 0. The normalized spacial score (nSPS) is 27.7. The van der Waals surface area contributed by atoms with E-state index in [9.17, 15) is 14.7 Å². The average molecular weight is 422 g/mol. The van der Waals surface area contributed by atoms with Crippen molar-refractivity contribution in [2.45, 2.75) is 57.2 Å². The van der Waals surface area contributed by atoms with Gasteiger partial charge in [-0.25, -0.2) is 0 Å². The van der Waals surface area contributed by atoms with Gasteiger partial charge in [-0.15, -0.1) is 12.4 Å². The largest absolute Gasteiger partial charge is 0.392 e.